The number of nitrogens with zero attached hydrogens (tertiary/aromatic N) is 5. The summed E-state index contributed by atoms with van der Waals surface area (Å²) in [7, 11) is 5.28. The van der Waals surface area contributed by atoms with Crippen LogP contribution in [0.5, 0.6) is 5.75 Å². The molecule has 2 aromatic heterocycles. The number of carbonyl (C=O) groups is 4. The van der Waals surface area contributed by atoms with Crippen molar-refractivity contribution >= 4 is 34.6 Å². The minimum Gasteiger partial charge on any atom is -0.508 e. The Bertz CT molecular complexity index is 2350. The quantitative estimate of drug-likeness (QED) is 0.178. The minimum atomic E-state index is -1.11. The van der Waals surface area contributed by atoms with Crippen molar-refractivity contribution in [2.24, 2.45) is 17.3 Å². The Morgan fingerprint density at radius 3 is 2.57 bits per heavy atom. The third-order valence-electron chi connectivity index (χ3n) is 13.2. The number of hydrogen-bond donors (Lipinski definition) is 3. The molecule has 0 spiro atoms. The lowest BCUT2D eigenvalue weighted by atomic mass is 9.84. The number of aromatic hydroxyl groups is 1. The van der Waals surface area contributed by atoms with Gasteiger partial charge in [0.2, 0.25) is 11.8 Å². The number of fused-ring (bicyclic) bond motifs is 6. The van der Waals surface area contributed by atoms with Crippen molar-refractivity contribution in [3.05, 3.63) is 71.5 Å². The molecule has 0 saturated carbocycles. The van der Waals surface area contributed by atoms with Gasteiger partial charge in [0.25, 0.3) is 5.91 Å². The number of cyclic esters (lactones) is 1. The molecule has 4 aromatic rings. The maximum atomic E-state index is 14.7. The molecule has 5 heterocycles. The van der Waals surface area contributed by atoms with Crippen molar-refractivity contribution in [3.63, 3.8) is 0 Å². The Labute approximate surface area is 371 Å². The Kier molecular flexibility index (Phi) is 13.6. The lowest BCUT2D eigenvalue weighted by Gasteiger charge is -2.37. The standard InChI is InChI=1S/C49H65N7O7/c1-10-55-41-14-13-32-24-36(41)37(44(55)38-26-50-17-15-33(38)27-62-9)25-49(5,6)28-63-48(61)39-12-11-18-56(52-39)46(59)40(22-31-20-34(32)23-35(57)21-31)51-45(58)42(29(2)3)54(8)47(60)43-30(4)16-19-53(43)7/h13-15,17,20-21,23-24,26,29-30,39-40,42-43,52,57H,10-12,16,18-19,22,25,27-28H2,1-9H3,(H,51,58)/t30-,39-,40-,42-,43+/m0/s1. The fourth-order valence-corrected chi connectivity index (χ4v) is 10.0. The number of ether oxygens (including phenoxy) is 2. The van der Waals surface area contributed by atoms with E-state index in [1.165, 1.54) is 9.91 Å². The molecule has 5 atom stereocenters. The number of hydrazine groups is 1. The number of carbonyl (C=O) groups excluding carboxylic acids is 4. The van der Waals surface area contributed by atoms with Crippen LogP contribution in [-0.4, -0.2) is 118 Å². The number of hydrogen-bond acceptors (Lipinski definition) is 10. The number of benzene rings is 2. The second kappa shape index (κ2) is 18.8. The van der Waals surface area contributed by atoms with Gasteiger partial charge in [0, 0.05) is 67.9 Å². The Balaban J connectivity index is 1.33. The number of rotatable bonds is 9. The van der Waals surface area contributed by atoms with Crippen LogP contribution < -0.4 is 10.7 Å². The van der Waals surface area contributed by atoms with Crippen LogP contribution in [0.2, 0.25) is 0 Å². The van der Waals surface area contributed by atoms with E-state index in [1.54, 1.807) is 32.5 Å². The lowest BCUT2D eigenvalue weighted by Crippen LogP contribution is -2.62. The SMILES string of the molecule is CCn1c(-c2cnccc2COC)c2c3cc(ccc31)-c1cc(O)cc(c1)C[C@H](NC(=O)[C@H](C(C)C)N(C)C(=O)[C@H]1[C@@H](C)CCN1C)C(=O)N1CCC[C@H](N1)C(=O)OCC(C)(C)C2. The van der Waals surface area contributed by atoms with Crippen molar-refractivity contribution in [1.29, 1.82) is 0 Å². The molecule has 3 aliphatic heterocycles. The Morgan fingerprint density at radius 1 is 1.10 bits per heavy atom. The zero-order valence-electron chi connectivity index (χ0n) is 38.4. The minimum absolute atomic E-state index is 0.0152. The summed E-state index contributed by atoms with van der Waals surface area (Å²) < 4.78 is 14.0. The molecule has 6 bridgehead atoms. The van der Waals surface area contributed by atoms with Crippen molar-refractivity contribution in [1.82, 2.24) is 35.1 Å². The fourth-order valence-electron chi connectivity index (χ4n) is 10.0. The third-order valence-corrected chi connectivity index (χ3v) is 13.2. The summed E-state index contributed by atoms with van der Waals surface area (Å²) >= 11 is 0. The summed E-state index contributed by atoms with van der Waals surface area (Å²) in [6, 6.07) is 10.4. The first-order valence-corrected chi connectivity index (χ1v) is 22.4. The van der Waals surface area contributed by atoms with E-state index in [0.29, 0.717) is 44.5 Å². The van der Waals surface area contributed by atoms with Gasteiger partial charge in [-0.25, -0.2) is 5.43 Å². The first-order chi connectivity index (χ1) is 30.0. The van der Waals surface area contributed by atoms with Gasteiger partial charge in [-0.3, -0.25) is 34.1 Å². The Morgan fingerprint density at radius 2 is 1.87 bits per heavy atom. The largest absolute Gasteiger partial charge is 0.508 e. The maximum absolute atomic E-state index is 14.7. The van der Waals surface area contributed by atoms with Crippen molar-refractivity contribution in [2.75, 3.05) is 40.9 Å². The first-order valence-electron chi connectivity index (χ1n) is 22.4. The molecule has 2 fully saturated rings. The molecule has 14 nitrogen and oxygen atoms in total. The Hall–Kier alpha value is -5.31. The highest BCUT2D eigenvalue weighted by Crippen LogP contribution is 2.41. The summed E-state index contributed by atoms with van der Waals surface area (Å²) in [5, 5.41) is 16.8. The number of phenolic OH excluding ortho intramolecular Hbond substituents is 1. The maximum Gasteiger partial charge on any atom is 0.324 e. The van der Waals surface area contributed by atoms with Gasteiger partial charge < -0.3 is 29.4 Å². The van der Waals surface area contributed by atoms with Crippen LogP contribution in [0.15, 0.2) is 54.9 Å². The second-order valence-electron chi connectivity index (χ2n) is 19.0. The number of methoxy groups -OCH3 is 1. The molecule has 14 heteroatoms. The van der Waals surface area contributed by atoms with Crippen LogP contribution in [0.4, 0.5) is 0 Å². The van der Waals surface area contributed by atoms with Gasteiger partial charge in [-0.1, -0.05) is 46.8 Å². The number of aryl methyl sites for hydroxylation is 1. The molecule has 3 N–H and O–H groups in total. The topological polar surface area (TPSA) is 159 Å². The monoisotopic (exact) mass is 863 g/mol. The normalized spacial score (nSPS) is 22.5. The van der Waals surface area contributed by atoms with Gasteiger partial charge in [0.15, 0.2) is 0 Å². The molecular formula is C49H65N7O7. The van der Waals surface area contributed by atoms with E-state index in [1.807, 2.05) is 50.2 Å². The number of aromatic nitrogens is 2. The van der Waals surface area contributed by atoms with E-state index >= 15 is 0 Å². The molecule has 3 aliphatic rings. The number of likely N-dealkylation sites (tertiary alicyclic amines) is 1. The predicted molar refractivity (Wildman–Crippen MR) is 242 cm³/mol. The number of nitrogens with one attached hydrogen (secondary N) is 2. The molecule has 0 unspecified atom stereocenters. The molecule has 3 amide bonds. The summed E-state index contributed by atoms with van der Waals surface area (Å²) in [5.74, 6) is -1.61. The highest BCUT2D eigenvalue weighted by Gasteiger charge is 2.42. The van der Waals surface area contributed by atoms with Crippen LogP contribution in [0.3, 0.4) is 0 Å². The van der Waals surface area contributed by atoms with Crippen molar-refractivity contribution in [2.45, 2.75) is 111 Å². The van der Waals surface area contributed by atoms with E-state index in [0.717, 1.165) is 57.4 Å². The van der Waals surface area contributed by atoms with E-state index in [2.05, 4.69) is 60.1 Å². The summed E-state index contributed by atoms with van der Waals surface area (Å²) in [5.41, 5.74) is 9.93. The van der Waals surface area contributed by atoms with E-state index in [9.17, 15) is 24.3 Å². The van der Waals surface area contributed by atoms with E-state index in [4.69, 9.17) is 9.47 Å². The van der Waals surface area contributed by atoms with Crippen molar-refractivity contribution in [3.8, 4) is 28.1 Å². The molecule has 63 heavy (non-hydrogen) atoms. The fraction of sp³-hybridized carbons (Fsp3) is 0.531. The van der Waals surface area contributed by atoms with Crippen LogP contribution in [0.25, 0.3) is 33.3 Å². The van der Waals surface area contributed by atoms with E-state index in [-0.39, 0.29) is 42.6 Å². The second-order valence-corrected chi connectivity index (χ2v) is 19.0. The molecule has 0 aliphatic carbocycles. The number of pyridine rings is 1. The summed E-state index contributed by atoms with van der Waals surface area (Å²) in [6.45, 7) is 14.4. The van der Waals surface area contributed by atoms with Gasteiger partial charge in [-0.15, -0.1) is 0 Å². The third kappa shape index (κ3) is 9.49. The first kappa shape index (κ1) is 45.7. The predicted octanol–water partition coefficient (Wildman–Crippen LogP) is 5.71. The van der Waals surface area contributed by atoms with Crippen LogP contribution in [-0.2, 0) is 54.6 Å². The number of phenols is 1. The van der Waals surface area contributed by atoms with Gasteiger partial charge in [-0.05, 0) is 116 Å². The number of amides is 3. The summed E-state index contributed by atoms with van der Waals surface area (Å²) in [4.78, 5) is 65.2. The number of esters is 1. The molecule has 2 saturated heterocycles. The summed E-state index contributed by atoms with van der Waals surface area (Å²) in [6.07, 6.45) is 6.14. The highest BCUT2D eigenvalue weighted by atomic mass is 16.5. The smallest absolute Gasteiger partial charge is 0.324 e. The van der Waals surface area contributed by atoms with Crippen LogP contribution in [0, 0.1) is 17.3 Å². The molecular weight excluding hydrogens is 799 g/mol. The zero-order chi connectivity index (χ0) is 45.3. The van der Waals surface area contributed by atoms with Gasteiger partial charge in [-0.2, -0.15) is 0 Å². The molecule has 338 valence electrons. The average molecular weight is 864 g/mol. The van der Waals surface area contributed by atoms with Crippen LogP contribution in [0.1, 0.15) is 77.5 Å². The van der Waals surface area contributed by atoms with Crippen molar-refractivity contribution < 1.29 is 33.8 Å². The van der Waals surface area contributed by atoms with Crippen LogP contribution >= 0.6 is 0 Å². The molecule has 7 rings (SSSR count). The number of likely N-dealkylation sites (N-methyl/N-ethyl adjacent to an activating group) is 2. The van der Waals surface area contributed by atoms with Gasteiger partial charge >= 0.3 is 5.97 Å². The van der Waals surface area contributed by atoms with Gasteiger partial charge in [0.05, 0.1) is 24.9 Å². The van der Waals surface area contributed by atoms with E-state index < -0.39 is 41.3 Å². The highest BCUT2D eigenvalue weighted by molar-refractivity contribution is 5.96. The average Bonchev–Trinajstić information content (AvgIpc) is 3.75. The van der Waals surface area contributed by atoms with Gasteiger partial charge in [0.1, 0.15) is 23.9 Å². The lowest BCUT2D eigenvalue weighted by molar-refractivity contribution is -0.155. The zero-order valence-corrected chi connectivity index (χ0v) is 38.4. The molecule has 0 radical (unpaired) electrons. The molecule has 2 aromatic carbocycles.